The topological polar surface area (TPSA) is 35.5 Å². The van der Waals surface area contributed by atoms with E-state index in [0.717, 1.165) is 22.9 Å². The molecule has 0 N–H and O–H groups in total. The summed E-state index contributed by atoms with van der Waals surface area (Å²) >= 11 is 0. The lowest BCUT2D eigenvalue weighted by Gasteiger charge is -2.08. The number of rotatable bonds is 3. The van der Waals surface area contributed by atoms with E-state index in [0.29, 0.717) is 5.75 Å². The molecule has 0 unspecified atom stereocenters. The van der Waals surface area contributed by atoms with E-state index >= 15 is 0 Å². The van der Waals surface area contributed by atoms with Gasteiger partial charge in [-0.1, -0.05) is 18.2 Å². The standard InChI is InChI=1S/C18H12F2O3/c1-22-13-7-5-11-6-8-14(10-12(11)9-13)23-18(21)17-15(19)3-2-4-16(17)20/h2-10H,1H3. The van der Waals surface area contributed by atoms with Gasteiger partial charge in [-0.2, -0.15) is 0 Å². The summed E-state index contributed by atoms with van der Waals surface area (Å²) in [6.07, 6.45) is 0. The summed E-state index contributed by atoms with van der Waals surface area (Å²) in [5.74, 6) is -2.16. The Morgan fingerprint density at radius 3 is 2.13 bits per heavy atom. The SMILES string of the molecule is COc1ccc2ccc(OC(=O)c3c(F)cccc3F)cc2c1. The first-order chi connectivity index (χ1) is 11.1. The van der Waals surface area contributed by atoms with Crippen molar-refractivity contribution < 1.29 is 23.0 Å². The molecule has 0 aliphatic heterocycles. The number of benzene rings is 3. The van der Waals surface area contributed by atoms with Gasteiger partial charge in [-0.25, -0.2) is 13.6 Å². The van der Waals surface area contributed by atoms with Gasteiger partial charge in [0.1, 0.15) is 28.7 Å². The van der Waals surface area contributed by atoms with E-state index < -0.39 is 23.2 Å². The van der Waals surface area contributed by atoms with Crippen LogP contribution in [0.25, 0.3) is 10.8 Å². The molecule has 116 valence electrons. The number of carbonyl (C=O) groups is 1. The molecule has 23 heavy (non-hydrogen) atoms. The van der Waals surface area contributed by atoms with Gasteiger partial charge in [0.25, 0.3) is 0 Å². The van der Waals surface area contributed by atoms with Crippen LogP contribution in [0.1, 0.15) is 10.4 Å². The monoisotopic (exact) mass is 314 g/mol. The van der Waals surface area contributed by atoms with Crippen LogP contribution in [-0.4, -0.2) is 13.1 Å². The third-order valence-corrected chi connectivity index (χ3v) is 3.40. The third kappa shape index (κ3) is 2.99. The van der Waals surface area contributed by atoms with E-state index in [4.69, 9.17) is 9.47 Å². The Balaban J connectivity index is 1.93. The van der Waals surface area contributed by atoms with Crippen molar-refractivity contribution in [3.8, 4) is 11.5 Å². The maximum Gasteiger partial charge on any atom is 0.349 e. The summed E-state index contributed by atoms with van der Waals surface area (Å²) in [4.78, 5) is 12.0. The van der Waals surface area contributed by atoms with Crippen LogP contribution in [0, 0.1) is 11.6 Å². The van der Waals surface area contributed by atoms with Gasteiger partial charge in [-0.05, 0) is 47.2 Å². The Labute approximate surface area is 131 Å². The van der Waals surface area contributed by atoms with Crippen molar-refractivity contribution in [2.45, 2.75) is 0 Å². The molecule has 0 aliphatic carbocycles. The van der Waals surface area contributed by atoms with Gasteiger partial charge < -0.3 is 9.47 Å². The summed E-state index contributed by atoms with van der Waals surface area (Å²) in [5, 5.41) is 1.70. The minimum atomic E-state index is -1.08. The Hall–Kier alpha value is -2.95. The van der Waals surface area contributed by atoms with Crippen molar-refractivity contribution in [2.24, 2.45) is 0 Å². The van der Waals surface area contributed by atoms with Crippen LogP contribution >= 0.6 is 0 Å². The number of ether oxygens (including phenoxy) is 2. The van der Waals surface area contributed by atoms with E-state index in [1.165, 1.54) is 6.07 Å². The molecule has 0 saturated heterocycles. The summed E-state index contributed by atoms with van der Waals surface area (Å²) in [6, 6.07) is 13.5. The Bertz CT molecular complexity index is 870. The van der Waals surface area contributed by atoms with E-state index in [1.807, 2.05) is 12.1 Å². The van der Waals surface area contributed by atoms with Gasteiger partial charge in [0.2, 0.25) is 0 Å². The third-order valence-electron chi connectivity index (χ3n) is 3.40. The van der Waals surface area contributed by atoms with Crippen molar-refractivity contribution in [1.29, 1.82) is 0 Å². The summed E-state index contributed by atoms with van der Waals surface area (Å²) in [6.45, 7) is 0. The van der Waals surface area contributed by atoms with Gasteiger partial charge in [0.15, 0.2) is 0 Å². The zero-order valence-electron chi connectivity index (χ0n) is 12.2. The van der Waals surface area contributed by atoms with E-state index in [1.54, 1.807) is 31.4 Å². The molecule has 0 saturated carbocycles. The minimum absolute atomic E-state index is 0.193. The quantitative estimate of drug-likeness (QED) is 0.533. The molecule has 3 nitrogen and oxygen atoms in total. The van der Waals surface area contributed by atoms with Crippen LogP contribution < -0.4 is 9.47 Å². The lowest BCUT2D eigenvalue weighted by molar-refractivity contribution is 0.0725. The lowest BCUT2D eigenvalue weighted by atomic mass is 10.1. The number of hydrogen-bond donors (Lipinski definition) is 0. The van der Waals surface area contributed by atoms with Crippen LogP contribution in [0.4, 0.5) is 8.78 Å². The molecule has 5 heteroatoms. The normalized spacial score (nSPS) is 10.6. The van der Waals surface area contributed by atoms with Gasteiger partial charge in [-0.3, -0.25) is 0 Å². The van der Waals surface area contributed by atoms with E-state index in [9.17, 15) is 13.6 Å². The van der Waals surface area contributed by atoms with E-state index in [2.05, 4.69) is 0 Å². The highest BCUT2D eigenvalue weighted by Crippen LogP contribution is 2.26. The largest absolute Gasteiger partial charge is 0.497 e. The average molecular weight is 314 g/mol. The minimum Gasteiger partial charge on any atom is -0.497 e. The fraction of sp³-hybridized carbons (Fsp3) is 0.0556. The maximum atomic E-state index is 13.6. The fourth-order valence-electron chi connectivity index (χ4n) is 2.24. The number of fused-ring (bicyclic) bond motifs is 1. The first kappa shape index (κ1) is 15.0. The highest BCUT2D eigenvalue weighted by atomic mass is 19.1. The van der Waals surface area contributed by atoms with Crippen molar-refractivity contribution in [1.82, 2.24) is 0 Å². The second-order valence-electron chi connectivity index (χ2n) is 4.86. The first-order valence-electron chi connectivity index (χ1n) is 6.82. The molecule has 0 bridgehead atoms. The fourth-order valence-corrected chi connectivity index (χ4v) is 2.24. The second-order valence-corrected chi connectivity index (χ2v) is 4.86. The number of halogens is 2. The molecular formula is C18H12F2O3. The van der Waals surface area contributed by atoms with Crippen molar-refractivity contribution >= 4 is 16.7 Å². The highest BCUT2D eigenvalue weighted by molar-refractivity contribution is 5.92. The smallest absolute Gasteiger partial charge is 0.349 e. The second kappa shape index (κ2) is 6.04. The average Bonchev–Trinajstić information content (AvgIpc) is 2.54. The number of esters is 1. The molecule has 0 amide bonds. The number of hydrogen-bond acceptors (Lipinski definition) is 3. The maximum absolute atomic E-state index is 13.6. The molecule has 0 fully saturated rings. The highest BCUT2D eigenvalue weighted by Gasteiger charge is 2.19. The first-order valence-corrected chi connectivity index (χ1v) is 6.82. The summed E-state index contributed by atoms with van der Waals surface area (Å²) in [7, 11) is 1.55. The van der Waals surface area contributed by atoms with Crippen LogP contribution in [0.2, 0.25) is 0 Å². The number of carbonyl (C=O) groups excluding carboxylic acids is 1. The summed E-state index contributed by atoms with van der Waals surface area (Å²) < 4.78 is 37.4. The van der Waals surface area contributed by atoms with Crippen LogP contribution in [0.5, 0.6) is 11.5 Å². The van der Waals surface area contributed by atoms with E-state index in [-0.39, 0.29) is 5.75 Å². The predicted molar refractivity (Wildman–Crippen MR) is 81.8 cm³/mol. The Morgan fingerprint density at radius 1 is 0.870 bits per heavy atom. The van der Waals surface area contributed by atoms with Crippen molar-refractivity contribution in [3.05, 3.63) is 71.8 Å². The number of methoxy groups -OCH3 is 1. The Morgan fingerprint density at radius 2 is 1.48 bits per heavy atom. The van der Waals surface area contributed by atoms with Crippen LogP contribution in [-0.2, 0) is 0 Å². The molecule has 0 atom stereocenters. The van der Waals surface area contributed by atoms with Gasteiger partial charge in [0, 0.05) is 0 Å². The zero-order chi connectivity index (χ0) is 16.4. The van der Waals surface area contributed by atoms with Crippen LogP contribution in [0.15, 0.2) is 54.6 Å². The molecular weight excluding hydrogens is 302 g/mol. The molecule has 0 aromatic heterocycles. The zero-order valence-corrected chi connectivity index (χ0v) is 12.2. The molecule has 3 aromatic rings. The summed E-state index contributed by atoms with van der Waals surface area (Å²) in [5.41, 5.74) is -0.710. The molecule has 0 radical (unpaired) electrons. The molecule has 3 rings (SSSR count). The van der Waals surface area contributed by atoms with Crippen molar-refractivity contribution in [2.75, 3.05) is 7.11 Å². The Kier molecular flexibility index (Phi) is 3.93. The van der Waals surface area contributed by atoms with Crippen molar-refractivity contribution in [3.63, 3.8) is 0 Å². The predicted octanol–water partition coefficient (Wildman–Crippen LogP) is 4.35. The molecule has 0 heterocycles. The van der Waals surface area contributed by atoms with Gasteiger partial charge in [-0.15, -0.1) is 0 Å². The van der Waals surface area contributed by atoms with Crippen LogP contribution in [0.3, 0.4) is 0 Å². The molecule has 3 aromatic carbocycles. The lowest BCUT2D eigenvalue weighted by Crippen LogP contribution is -2.13. The molecule has 0 spiro atoms. The molecule has 0 aliphatic rings. The van der Waals surface area contributed by atoms with Gasteiger partial charge >= 0.3 is 5.97 Å². The van der Waals surface area contributed by atoms with Gasteiger partial charge in [0.05, 0.1) is 7.11 Å².